The fraction of sp³-hybridized carbons (Fsp3) is 0.167. The SMILES string of the molecule is COC(=O)Cn1c(=NC(=O)c2c(F)cccc2Cl)sc2cc(OC)ccc21. The largest absolute Gasteiger partial charge is 0.497 e. The number of nitrogens with zero attached hydrogens (tertiary/aromatic N) is 2. The van der Waals surface area contributed by atoms with Crippen molar-refractivity contribution in [2.24, 2.45) is 4.99 Å². The van der Waals surface area contributed by atoms with Gasteiger partial charge >= 0.3 is 5.97 Å². The maximum Gasteiger partial charge on any atom is 0.325 e. The highest BCUT2D eigenvalue weighted by Crippen LogP contribution is 2.24. The molecular formula is C18H14ClFN2O4S. The van der Waals surface area contributed by atoms with Gasteiger partial charge in [-0.2, -0.15) is 4.99 Å². The number of halogens is 2. The molecule has 0 fully saturated rings. The summed E-state index contributed by atoms with van der Waals surface area (Å²) in [6.07, 6.45) is 0. The summed E-state index contributed by atoms with van der Waals surface area (Å²) in [6, 6.07) is 9.17. The van der Waals surface area contributed by atoms with E-state index in [-0.39, 0.29) is 21.9 Å². The van der Waals surface area contributed by atoms with Crippen LogP contribution in [0.1, 0.15) is 10.4 Å². The minimum Gasteiger partial charge on any atom is -0.497 e. The van der Waals surface area contributed by atoms with Crippen LogP contribution in [0.4, 0.5) is 4.39 Å². The summed E-state index contributed by atoms with van der Waals surface area (Å²) in [6.45, 7) is -0.153. The van der Waals surface area contributed by atoms with Crippen LogP contribution in [-0.4, -0.2) is 30.7 Å². The van der Waals surface area contributed by atoms with Gasteiger partial charge in [-0.3, -0.25) is 9.59 Å². The van der Waals surface area contributed by atoms with Crippen LogP contribution in [0, 0.1) is 5.82 Å². The number of esters is 1. The van der Waals surface area contributed by atoms with E-state index in [2.05, 4.69) is 4.99 Å². The molecule has 0 radical (unpaired) electrons. The number of amides is 1. The van der Waals surface area contributed by atoms with Crippen molar-refractivity contribution >= 4 is 45.0 Å². The first-order valence-corrected chi connectivity index (χ1v) is 8.91. The number of thiazole rings is 1. The normalized spacial score (nSPS) is 11.6. The molecule has 1 amide bonds. The number of benzene rings is 2. The number of carbonyl (C=O) groups excluding carboxylic acids is 2. The van der Waals surface area contributed by atoms with Crippen LogP contribution in [0.3, 0.4) is 0 Å². The molecule has 0 aliphatic rings. The van der Waals surface area contributed by atoms with Gasteiger partial charge in [0, 0.05) is 0 Å². The standard InChI is InChI=1S/C18H14ClFN2O4S/c1-25-10-6-7-13-14(8-10)27-18(22(13)9-15(23)26-2)21-17(24)16-11(19)4-3-5-12(16)20/h3-8H,9H2,1-2H3. The van der Waals surface area contributed by atoms with E-state index in [1.807, 2.05) is 0 Å². The number of carbonyl (C=O) groups is 2. The molecule has 0 saturated heterocycles. The van der Waals surface area contributed by atoms with Gasteiger partial charge in [0.1, 0.15) is 18.1 Å². The number of aromatic nitrogens is 1. The van der Waals surface area contributed by atoms with Gasteiger partial charge in [0.15, 0.2) is 4.80 Å². The van der Waals surface area contributed by atoms with Crippen molar-refractivity contribution in [1.82, 2.24) is 4.57 Å². The second kappa shape index (κ2) is 7.89. The van der Waals surface area contributed by atoms with Crippen molar-refractivity contribution in [1.29, 1.82) is 0 Å². The number of ether oxygens (including phenoxy) is 2. The van der Waals surface area contributed by atoms with Crippen molar-refractivity contribution in [3.8, 4) is 5.75 Å². The molecule has 1 aromatic heterocycles. The minimum absolute atomic E-state index is 0.0361. The average Bonchev–Trinajstić information content (AvgIpc) is 2.97. The first-order valence-electron chi connectivity index (χ1n) is 7.72. The lowest BCUT2D eigenvalue weighted by Gasteiger charge is -2.05. The van der Waals surface area contributed by atoms with Crippen LogP contribution in [-0.2, 0) is 16.1 Å². The highest BCUT2D eigenvalue weighted by Gasteiger charge is 2.17. The molecule has 140 valence electrons. The Morgan fingerprint density at radius 2 is 2.04 bits per heavy atom. The first kappa shape index (κ1) is 19.1. The maximum absolute atomic E-state index is 14.0. The smallest absolute Gasteiger partial charge is 0.325 e. The Balaban J connectivity index is 2.19. The summed E-state index contributed by atoms with van der Waals surface area (Å²) in [5.41, 5.74) is 0.344. The number of hydrogen-bond donors (Lipinski definition) is 0. The van der Waals surface area contributed by atoms with Crippen LogP contribution in [0.15, 0.2) is 41.4 Å². The molecule has 0 unspecified atom stereocenters. The van der Waals surface area contributed by atoms with E-state index in [0.717, 1.165) is 22.1 Å². The molecule has 0 atom stereocenters. The van der Waals surface area contributed by atoms with Gasteiger partial charge in [-0.05, 0) is 30.3 Å². The second-order valence-corrected chi connectivity index (χ2v) is 6.81. The molecular weight excluding hydrogens is 395 g/mol. The van der Waals surface area contributed by atoms with Crippen molar-refractivity contribution in [2.75, 3.05) is 14.2 Å². The van der Waals surface area contributed by atoms with Gasteiger partial charge in [-0.25, -0.2) is 4.39 Å². The fourth-order valence-electron chi connectivity index (χ4n) is 2.46. The Morgan fingerprint density at radius 1 is 1.26 bits per heavy atom. The number of hydrogen-bond acceptors (Lipinski definition) is 5. The monoisotopic (exact) mass is 408 g/mol. The molecule has 9 heteroatoms. The summed E-state index contributed by atoms with van der Waals surface area (Å²) in [7, 11) is 2.80. The number of fused-ring (bicyclic) bond motifs is 1. The molecule has 6 nitrogen and oxygen atoms in total. The molecule has 3 rings (SSSR count). The van der Waals surface area contributed by atoms with E-state index >= 15 is 0 Å². The van der Waals surface area contributed by atoms with Gasteiger partial charge in [-0.1, -0.05) is 29.0 Å². The Labute approximate surface area is 162 Å². The van der Waals surface area contributed by atoms with E-state index in [1.54, 1.807) is 18.2 Å². The predicted octanol–water partition coefficient (Wildman–Crippen LogP) is 3.42. The maximum atomic E-state index is 14.0. The zero-order chi connectivity index (χ0) is 19.6. The predicted molar refractivity (Wildman–Crippen MR) is 99.7 cm³/mol. The summed E-state index contributed by atoms with van der Waals surface area (Å²) < 4.78 is 26.2. The Morgan fingerprint density at radius 3 is 2.70 bits per heavy atom. The molecule has 3 aromatic rings. The topological polar surface area (TPSA) is 69.9 Å². The summed E-state index contributed by atoms with van der Waals surface area (Å²) in [4.78, 5) is 28.5. The Bertz CT molecular complexity index is 1090. The van der Waals surface area contributed by atoms with Gasteiger partial charge in [0.25, 0.3) is 5.91 Å². The quantitative estimate of drug-likeness (QED) is 0.620. The molecule has 27 heavy (non-hydrogen) atoms. The van der Waals surface area contributed by atoms with Crippen LogP contribution in [0.25, 0.3) is 10.2 Å². The molecule has 0 aliphatic carbocycles. The molecule has 0 spiro atoms. The van der Waals surface area contributed by atoms with E-state index < -0.39 is 17.7 Å². The molecule has 0 bridgehead atoms. The number of methoxy groups -OCH3 is 2. The van der Waals surface area contributed by atoms with Gasteiger partial charge in [-0.15, -0.1) is 0 Å². The van der Waals surface area contributed by atoms with Crippen LogP contribution < -0.4 is 9.54 Å². The minimum atomic E-state index is -0.838. The summed E-state index contributed by atoms with van der Waals surface area (Å²) >= 11 is 7.10. The van der Waals surface area contributed by atoms with Gasteiger partial charge in [0.05, 0.1) is 35.0 Å². The van der Waals surface area contributed by atoms with Crippen molar-refractivity contribution < 1.29 is 23.5 Å². The third-order valence-corrected chi connectivity index (χ3v) is 5.13. The highest BCUT2D eigenvalue weighted by atomic mass is 35.5. The van der Waals surface area contributed by atoms with E-state index in [0.29, 0.717) is 11.3 Å². The van der Waals surface area contributed by atoms with Crippen molar-refractivity contribution in [3.05, 3.63) is 57.6 Å². The highest BCUT2D eigenvalue weighted by molar-refractivity contribution is 7.16. The molecule has 0 saturated carbocycles. The van der Waals surface area contributed by atoms with Crippen molar-refractivity contribution in [3.63, 3.8) is 0 Å². The van der Waals surface area contributed by atoms with E-state index in [4.69, 9.17) is 21.1 Å². The third-order valence-electron chi connectivity index (χ3n) is 3.78. The zero-order valence-corrected chi connectivity index (χ0v) is 15.9. The molecule has 0 aliphatic heterocycles. The lowest BCUT2D eigenvalue weighted by molar-refractivity contribution is -0.141. The zero-order valence-electron chi connectivity index (χ0n) is 14.4. The first-order chi connectivity index (χ1) is 12.9. The summed E-state index contributed by atoms with van der Waals surface area (Å²) in [5.74, 6) is -1.50. The van der Waals surface area contributed by atoms with Gasteiger partial charge in [0.2, 0.25) is 0 Å². The average molecular weight is 409 g/mol. The Hall–Kier alpha value is -2.71. The lowest BCUT2D eigenvalue weighted by Crippen LogP contribution is -2.22. The third kappa shape index (κ3) is 3.86. The fourth-order valence-corrected chi connectivity index (χ4v) is 3.76. The molecule has 2 aromatic carbocycles. The molecule has 1 heterocycles. The van der Waals surface area contributed by atoms with Crippen LogP contribution >= 0.6 is 22.9 Å². The second-order valence-electron chi connectivity index (χ2n) is 5.39. The van der Waals surface area contributed by atoms with E-state index in [1.165, 1.54) is 30.9 Å². The van der Waals surface area contributed by atoms with Crippen LogP contribution in [0.5, 0.6) is 5.75 Å². The number of rotatable bonds is 4. The summed E-state index contributed by atoms with van der Waals surface area (Å²) in [5, 5.41) is -0.0361. The lowest BCUT2D eigenvalue weighted by atomic mass is 10.2. The molecule has 0 N–H and O–H groups in total. The van der Waals surface area contributed by atoms with Gasteiger partial charge < -0.3 is 14.0 Å². The van der Waals surface area contributed by atoms with E-state index in [9.17, 15) is 14.0 Å². The Kier molecular flexibility index (Phi) is 5.57. The van der Waals surface area contributed by atoms with Crippen LogP contribution in [0.2, 0.25) is 5.02 Å². The van der Waals surface area contributed by atoms with Crippen molar-refractivity contribution in [2.45, 2.75) is 6.54 Å².